The fourth-order valence-electron chi connectivity index (χ4n) is 2.30. The third kappa shape index (κ3) is 2.80. The number of nitro groups is 1. The van der Waals surface area contributed by atoms with Crippen LogP contribution >= 0.6 is 11.6 Å². The minimum Gasteiger partial charge on any atom is -0.292 e. The second kappa shape index (κ2) is 5.29. The second-order valence-electron chi connectivity index (χ2n) is 5.02. The number of halogens is 1. The van der Waals surface area contributed by atoms with Crippen molar-refractivity contribution >= 4 is 17.3 Å². The van der Waals surface area contributed by atoms with Crippen molar-refractivity contribution in [2.24, 2.45) is 0 Å². The minimum atomic E-state index is -0.444. The van der Waals surface area contributed by atoms with Crippen LogP contribution in [0.2, 0.25) is 5.15 Å². The van der Waals surface area contributed by atoms with Crippen molar-refractivity contribution in [2.75, 3.05) is 0 Å². The smallest absolute Gasteiger partial charge is 0.274 e. The standard InChI is InChI=1S/C14H12ClN3O3/c15-12-7-13(19)17(14(16-12)9-5-6-9)8-10-3-1-2-4-11(10)18(20)21/h1-4,7,9H,5-6,8H2. The number of hydrogen-bond acceptors (Lipinski definition) is 4. The number of nitrogens with zero attached hydrogens (tertiary/aromatic N) is 3. The van der Waals surface area contributed by atoms with Crippen LogP contribution in [0.1, 0.15) is 30.1 Å². The second-order valence-corrected chi connectivity index (χ2v) is 5.41. The predicted octanol–water partition coefficient (Wildman–Crippen LogP) is 2.73. The van der Waals surface area contributed by atoms with Crippen molar-refractivity contribution in [3.05, 3.63) is 67.3 Å². The summed E-state index contributed by atoms with van der Waals surface area (Å²) in [5.41, 5.74) is 0.201. The van der Waals surface area contributed by atoms with E-state index in [0.29, 0.717) is 11.4 Å². The highest BCUT2D eigenvalue weighted by molar-refractivity contribution is 6.29. The van der Waals surface area contributed by atoms with Gasteiger partial charge in [0.1, 0.15) is 11.0 Å². The molecule has 1 aliphatic carbocycles. The molecular formula is C14H12ClN3O3. The zero-order valence-electron chi connectivity index (χ0n) is 11.0. The van der Waals surface area contributed by atoms with Gasteiger partial charge in [0.05, 0.1) is 11.5 Å². The molecule has 21 heavy (non-hydrogen) atoms. The molecule has 2 aromatic rings. The van der Waals surface area contributed by atoms with E-state index in [0.717, 1.165) is 12.8 Å². The lowest BCUT2D eigenvalue weighted by molar-refractivity contribution is -0.385. The van der Waals surface area contributed by atoms with E-state index in [1.54, 1.807) is 18.2 Å². The fraction of sp³-hybridized carbons (Fsp3) is 0.286. The molecule has 1 aromatic heterocycles. The van der Waals surface area contributed by atoms with E-state index < -0.39 is 4.92 Å². The Labute approximate surface area is 125 Å². The van der Waals surface area contributed by atoms with Crippen molar-refractivity contribution in [3.63, 3.8) is 0 Å². The van der Waals surface area contributed by atoms with E-state index in [4.69, 9.17) is 11.6 Å². The number of aromatic nitrogens is 2. The molecule has 1 aliphatic rings. The largest absolute Gasteiger partial charge is 0.292 e. The summed E-state index contributed by atoms with van der Waals surface area (Å²) in [4.78, 5) is 27.0. The molecule has 7 heteroatoms. The van der Waals surface area contributed by atoms with E-state index in [1.165, 1.54) is 16.7 Å². The van der Waals surface area contributed by atoms with E-state index in [9.17, 15) is 14.9 Å². The average molecular weight is 306 g/mol. The van der Waals surface area contributed by atoms with Gasteiger partial charge in [0.15, 0.2) is 0 Å². The van der Waals surface area contributed by atoms with E-state index in [1.807, 2.05) is 0 Å². The Morgan fingerprint density at radius 3 is 2.76 bits per heavy atom. The molecule has 0 spiro atoms. The minimum absolute atomic E-state index is 0.00102. The summed E-state index contributed by atoms with van der Waals surface area (Å²) in [5, 5.41) is 11.2. The zero-order valence-corrected chi connectivity index (χ0v) is 11.8. The number of benzene rings is 1. The lowest BCUT2D eigenvalue weighted by atomic mass is 10.1. The molecule has 0 radical (unpaired) electrons. The summed E-state index contributed by atoms with van der Waals surface area (Å²) in [5.74, 6) is 0.838. The Kier molecular flexibility index (Phi) is 3.47. The van der Waals surface area contributed by atoms with Gasteiger partial charge in [-0.05, 0) is 12.8 Å². The molecule has 6 nitrogen and oxygen atoms in total. The Morgan fingerprint density at radius 1 is 1.38 bits per heavy atom. The quantitative estimate of drug-likeness (QED) is 0.494. The Morgan fingerprint density at radius 2 is 2.10 bits per heavy atom. The molecule has 3 rings (SSSR count). The van der Waals surface area contributed by atoms with Crippen LogP contribution in [-0.4, -0.2) is 14.5 Å². The maximum absolute atomic E-state index is 12.1. The molecule has 0 unspecified atom stereocenters. The van der Waals surface area contributed by atoms with Gasteiger partial charge in [-0.25, -0.2) is 4.98 Å². The van der Waals surface area contributed by atoms with Gasteiger partial charge in [-0.15, -0.1) is 0 Å². The van der Waals surface area contributed by atoms with Crippen LogP contribution in [0.4, 0.5) is 5.69 Å². The molecule has 1 aromatic carbocycles. The van der Waals surface area contributed by atoms with Crippen LogP contribution in [0.25, 0.3) is 0 Å². The number of nitro benzene ring substituents is 1. The van der Waals surface area contributed by atoms with Gasteiger partial charge in [-0.1, -0.05) is 29.8 Å². The molecule has 1 fully saturated rings. The maximum atomic E-state index is 12.1. The van der Waals surface area contributed by atoms with Crippen molar-refractivity contribution in [3.8, 4) is 0 Å². The lowest BCUT2D eigenvalue weighted by Crippen LogP contribution is -2.25. The third-order valence-corrected chi connectivity index (χ3v) is 3.66. The highest BCUT2D eigenvalue weighted by Gasteiger charge is 2.29. The van der Waals surface area contributed by atoms with Gasteiger partial charge in [-0.2, -0.15) is 0 Å². The molecule has 0 aliphatic heterocycles. The lowest BCUT2D eigenvalue weighted by Gasteiger charge is -2.11. The topological polar surface area (TPSA) is 78.0 Å². The first-order valence-corrected chi connectivity index (χ1v) is 6.93. The molecule has 0 N–H and O–H groups in total. The van der Waals surface area contributed by atoms with Crippen LogP contribution in [0.3, 0.4) is 0 Å². The van der Waals surface area contributed by atoms with Gasteiger partial charge < -0.3 is 0 Å². The van der Waals surface area contributed by atoms with Crippen LogP contribution in [0.5, 0.6) is 0 Å². The molecule has 0 atom stereocenters. The summed E-state index contributed by atoms with van der Waals surface area (Å²) in [6, 6.07) is 7.64. The van der Waals surface area contributed by atoms with Crippen molar-refractivity contribution in [1.29, 1.82) is 0 Å². The summed E-state index contributed by atoms with van der Waals surface area (Å²) in [6.45, 7) is 0.131. The van der Waals surface area contributed by atoms with Crippen LogP contribution in [-0.2, 0) is 6.54 Å². The van der Waals surface area contributed by atoms with Crippen LogP contribution in [0, 0.1) is 10.1 Å². The van der Waals surface area contributed by atoms with Crippen molar-refractivity contribution in [1.82, 2.24) is 9.55 Å². The van der Waals surface area contributed by atoms with Crippen LogP contribution < -0.4 is 5.56 Å². The normalized spacial score (nSPS) is 14.1. The fourth-order valence-corrected chi connectivity index (χ4v) is 2.48. The highest BCUT2D eigenvalue weighted by atomic mass is 35.5. The zero-order chi connectivity index (χ0) is 15.0. The van der Waals surface area contributed by atoms with Crippen molar-refractivity contribution in [2.45, 2.75) is 25.3 Å². The Balaban J connectivity index is 2.07. The molecular weight excluding hydrogens is 294 g/mol. The molecule has 1 heterocycles. The maximum Gasteiger partial charge on any atom is 0.274 e. The van der Waals surface area contributed by atoms with Gasteiger partial charge in [-0.3, -0.25) is 19.5 Å². The first-order chi connectivity index (χ1) is 10.1. The number of para-hydroxylation sites is 1. The van der Waals surface area contributed by atoms with Gasteiger partial charge in [0, 0.05) is 23.6 Å². The van der Waals surface area contributed by atoms with Gasteiger partial charge in [0.25, 0.3) is 11.2 Å². The highest BCUT2D eigenvalue weighted by Crippen LogP contribution is 2.39. The van der Waals surface area contributed by atoms with E-state index in [-0.39, 0.29) is 28.9 Å². The summed E-state index contributed by atoms with van der Waals surface area (Å²) >= 11 is 5.85. The molecule has 0 saturated heterocycles. The van der Waals surface area contributed by atoms with Gasteiger partial charge in [0.2, 0.25) is 0 Å². The summed E-state index contributed by atoms with van der Waals surface area (Å²) in [6.07, 6.45) is 1.92. The van der Waals surface area contributed by atoms with Gasteiger partial charge >= 0.3 is 0 Å². The number of rotatable bonds is 4. The molecule has 108 valence electrons. The Bertz CT molecular complexity index is 768. The molecule has 1 saturated carbocycles. The monoisotopic (exact) mass is 305 g/mol. The predicted molar refractivity (Wildman–Crippen MR) is 77.7 cm³/mol. The number of hydrogen-bond donors (Lipinski definition) is 0. The third-order valence-electron chi connectivity index (χ3n) is 3.47. The summed E-state index contributed by atoms with van der Waals surface area (Å²) < 4.78 is 1.48. The molecule has 0 bridgehead atoms. The Hall–Kier alpha value is -2.21. The average Bonchev–Trinajstić information content (AvgIpc) is 3.26. The first-order valence-electron chi connectivity index (χ1n) is 6.56. The van der Waals surface area contributed by atoms with E-state index >= 15 is 0 Å². The SMILES string of the molecule is O=c1cc(Cl)nc(C2CC2)n1Cc1ccccc1[N+](=O)[O-]. The molecule has 0 amide bonds. The van der Waals surface area contributed by atoms with E-state index in [2.05, 4.69) is 4.98 Å². The van der Waals surface area contributed by atoms with Crippen molar-refractivity contribution < 1.29 is 4.92 Å². The van der Waals surface area contributed by atoms with Crippen LogP contribution in [0.15, 0.2) is 35.1 Å². The summed E-state index contributed by atoms with van der Waals surface area (Å²) in [7, 11) is 0. The first kappa shape index (κ1) is 13.8.